The van der Waals surface area contributed by atoms with Gasteiger partial charge in [0, 0.05) is 5.92 Å². The highest BCUT2D eigenvalue weighted by Crippen LogP contribution is 2.17. The molecule has 1 amide bonds. The molecule has 0 bridgehead atoms. The normalized spacial score (nSPS) is 17.2. The van der Waals surface area contributed by atoms with Crippen molar-refractivity contribution in [3.05, 3.63) is 12.2 Å². The van der Waals surface area contributed by atoms with Crippen LogP contribution in [0.2, 0.25) is 0 Å². The molecule has 0 fully saturated rings. The summed E-state index contributed by atoms with van der Waals surface area (Å²) in [6, 6.07) is 0. The molecule has 0 saturated carbocycles. The van der Waals surface area contributed by atoms with Gasteiger partial charge in [-0.3, -0.25) is 9.63 Å². The van der Waals surface area contributed by atoms with E-state index >= 15 is 0 Å². The van der Waals surface area contributed by atoms with E-state index in [1.54, 1.807) is 0 Å². The maximum absolute atomic E-state index is 11.1. The second-order valence-corrected chi connectivity index (χ2v) is 2.54. The number of hydrogen-bond acceptors (Lipinski definition) is 2. The zero-order valence-corrected chi connectivity index (χ0v) is 6.67. The lowest BCUT2D eigenvalue weighted by Crippen LogP contribution is -2.29. The van der Waals surface area contributed by atoms with Crippen LogP contribution in [0.5, 0.6) is 0 Å². The Morgan fingerprint density at radius 2 is 2.27 bits per heavy atom. The smallest absolute Gasteiger partial charge is 0.247 e. The van der Waals surface area contributed by atoms with E-state index in [1.165, 1.54) is 0 Å². The second-order valence-electron chi connectivity index (χ2n) is 2.54. The van der Waals surface area contributed by atoms with E-state index in [2.05, 4.69) is 5.48 Å². The molecule has 62 valence electrons. The van der Waals surface area contributed by atoms with Gasteiger partial charge in [-0.15, -0.1) is 0 Å². The molecular formula is C8H13NO2. The van der Waals surface area contributed by atoms with Crippen molar-refractivity contribution in [2.24, 2.45) is 5.92 Å². The number of nitrogens with one attached hydrogen (secondary N) is 1. The first-order chi connectivity index (χ1) is 5.34. The minimum Gasteiger partial charge on any atom is -0.274 e. The zero-order valence-electron chi connectivity index (χ0n) is 6.67. The monoisotopic (exact) mass is 155 g/mol. The number of carbonyl (C=O) groups excluding carboxylic acids is 1. The van der Waals surface area contributed by atoms with Gasteiger partial charge >= 0.3 is 0 Å². The molecular weight excluding hydrogens is 142 g/mol. The van der Waals surface area contributed by atoms with Crippen LogP contribution in [0.25, 0.3) is 0 Å². The van der Waals surface area contributed by atoms with Gasteiger partial charge in [-0.05, 0) is 19.8 Å². The SMILES string of the molecule is CCONC(=O)C1CC=CC1. The van der Waals surface area contributed by atoms with E-state index in [1.807, 2.05) is 19.1 Å². The van der Waals surface area contributed by atoms with Gasteiger partial charge in [0.15, 0.2) is 0 Å². The van der Waals surface area contributed by atoms with E-state index in [-0.39, 0.29) is 11.8 Å². The maximum atomic E-state index is 11.1. The Morgan fingerprint density at radius 3 is 2.82 bits per heavy atom. The molecule has 3 heteroatoms. The Hall–Kier alpha value is -0.830. The lowest BCUT2D eigenvalue weighted by Gasteiger charge is -2.08. The minimum absolute atomic E-state index is 0.00292. The molecule has 0 aliphatic heterocycles. The Bertz CT molecular complexity index is 157. The Kier molecular flexibility index (Phi) is 3.11. The fourth-order valence-corrected chi connectivity index (χ4v) is 1.06. The highest BCUT2D eigenvalue weighted by atomic mass is 16.6. The van der Waals surface area contributed by atoms with Gasteiger partial charge in [-0.1, -0.05) is 12.2 Å². The minimum atomic E-state index is -0.00292. The maximum Gasteiger partial charge on any atom is 0.247 e. The third kappa shape index (κ3) is 2.35. The topological polar surface area (TPSA) is 38.3 Å². The third-order valence-electron chi connectivity index (χ3n) is 1.70. The average Bonchev–Trinajstić information content (AvgIpc) is 2.52. The number of allylic oxidation sites excluding steroid dienone is 2. The van der Waals surface area contributed by atoms with Crippen LogP contribution >= 0.6 is 0 Å². The molecule has 1 aliphatic rings. The molecule has 1 N–H and O–H groups in total. The fourth-order valence-electron chi connectivity index (χ4n) is 1.06. The van der Waals surface area contributed by atoms with Crippen molar-refractivity contribution in [1.82, 2.24) is 5.48 Å². The fraction of sp³-hybridized carbons (Fsp3) is 0.625. The lowest BCUT2D eigenvalue weighted by molar-refractivity contribution is -0.137. The van der Waals surface area contributed by atoms with Crippen molar-refractivity contribution in [2.75, 3.05) is 6.61 Å². The van der Waals surface area contributed by atoms with Crippen molar-refractivity contribution in [3.8, 4) is 0 Å². The van der Waals surface area contributed by atoms with Crippen LogP contribution in [0.4, 0.5) is 0 Å². The van der Waals surface area contributed by atoms with Crippen LogP contribution in [-0.4, -0.2) is 12.5 Å². The van der Waals surface area contributed by atoms with Gasteiger partial charge in [-0.25, -0.2) is 5.48 Å². The predicted octanol–water partition coefficient (Wildman–Crippen LogP) is 1.02. The number of hydrogen-bond donors (Lipinski definition) is 1. The summed E-state index contributed by atoms with van der Waals surface area (Å²) in [5.74, 6) is 0.0957. The first-order valence-corrected chi connectivity index (χ1v) is 3.91. The van der Waals surface area contributed by atoms with Gasteiger partial charge in [0.25, 0.3) is 0 Å². The first-order valence-electron chi connectivity index (χ1n) is 3.91. The molecule has 0 spiro atoms. The second kappa shape index (κ2) is 4.13. The van der Waals surface area contributed by atoms with Crippen LogP contribution in [0.1, 0.15) is 19.8 Å². The van der Waals surface area contributed by atoms with E-state index in [4.69, 9.17) is 4.84 Å². The van der Waals surface area contributed by atoms with E-state index in [9.17, 15) is 4.79 Å². The highest BCUT2D eigenvalue weighted by Gasteiger charge is 2.18. The number of rotatable bonds is 3. The molecule has 0 radical (unpaired) electrons. The quantitative estimate of drug-likeness (QED) is 0.488. The summed E-state index contributed by atoms with van der Waals surface area (Å²) in [7, 11) is 0. The number of amides is 1. The van der Waals surface area contributed by atoms with Gasteiger partial charge in [0.1, 0.15) is 0 Å². The summed E-state index contributed by atoms with van der Waals surface area (Å²) in [5, 5.41) is 0. The predicted molar refractivity (Wildman–Crippen MR) is 41.6 cm³/mol. The molecule has 1 aliphatic carbocycles. The summed E-state index contributed by atoms with van der Waals surface area (Å²) < 4.78 is 0. The van der Waals surface area contributed by atoms with Gasteiger partial charge < -0.3 is 0 Å². The summed E-state index contributed by atoms with van der Waals surface area (Å²) in [4.78, 5) is 15.9. The standard InChI is InChI=1S/C8H13NO2/c1-2-11-9-8(10)7-5-3-4-6-7/h3-4,7H,2,5-6H2,1H3,(H,9,10). The average molecular weight is 155 g/mol. The van der Waals surface area contributed by atoms with Crippen molar-refractivity contribution in [1.29, 1.82) is 0 Å². The molecule has 0 aromatic rings. The van der Waals surface area contributed by atoms with Crippen LogP contribution in [-0.2, 0) is 9.63 Å². The lowest BCUT2D eigenvalue weighted by atomic mass is 10.1. The molecule has 1 rings (SSSR count). The molecule has 3 nitrogen and oxygen atoms in total. The molecule has 0 aromatic heterocycles. The van der Waals surface area contributed by atoms with Crippen LogP contribution in [0.15, 0.2) is 12.2 Å². The molecule has 11 heavy (non-hydrogen) atoms. The largest absolute Gasteiger partial charge is 0.274 e. The molecule has 0 atom stereocenters. The molecule has 0 saturated heterocycles. The van der Waals surface area contributed by atoms with Crippen LogP contribution < -0.4 is 5.48 Å². The summed E-state index contributed by atoms with van der Waals surface area (Å²) in [5.41, 5.74) is 2.40. The van der Waals surface area contributed by atoms with Gasteiger partial charge in [0.05, 0.1) is 6.61 Å². The van der Waals surface area contributed by atoms with E-state index in [0.29, 0.717) is 6.61 Å². The Morgan fingerprint density at radius 1 is 1.64 bits per heavy atom. The molecule has 0 heterocycles. The van der Waals surface area contributed by atoms with Crippen molar-refractivity contribution in [3.63, 3.8) is 0 Å². The Labute approximate surface area is 66.4 Å². The summed E-state index contributed by atoms with van der Waals surface area (Å²) >= 11 is 0. The van der Waals surface area contributed by atoms with Gasteiger partial charge in [-0.2, -0.15) is 0 Å². The molecule has 0 unspecified atom stereocenters. The van der Waals surface area contributed by atoms with Crippen molar-refractivity contribution in [2.45, 2.75) is 19.8 Å². The van der Waals surface area contributed by atoms with E-state index in [0.717, 1.165) is 12.8 Å². The highest BCUT2D eigenvalue weighted by molar-refractivity contribution is 5.78. The first kappa shape index (κ1) is 8.27. The zero-order chi connectivity index (χ0) is 8.10. The summed E-state index contributed by atoms with van der Waals surface area (Å²) in [6.07, 6.45) is 5.74. The summed E-state index contributed by atoms with van der Waals surface area (Å²) in [6.45, 7) is 2.36. The van der Waals surface area contributed by atoms with Crippen LogP contribution in [0, 0.1) is 5.92 Å². The van der Waals surface area contributed by atoms with Gasteiger partial charge in [0.2, 0.25) is 5.91 Å². The van der Waals surface area contributed by atoms with Crippen LogP contribution in [0.3, 0.4) is 0 Å². The van der Waals surface area contributed by atoms with Crippen molar-refractivity contribution < 1.29 is 9.63 Å². The van der Waals surface area contributed by atoms with E-state index < -0.39 is 0 Å². The number of carbonyl (C=O) groups is 1. The molecule has 0 aromatic carbocycles. The third-order valence-corrected chi connectivity index (χ3v) is 1.70. The Balaban J connectivity index is 2.19. The number of hydroxylamine groups is 1. The van der Waals surface area contributed by atoms with Crippen molar-refractivity contribution >= 4 is 5.91 Å².